The fourth-order valence-corrected chi connectivity index (χ4v) is 4.78. The molecule has 0 N–H and O–H groups in total. The Morgan fingerprint density at radius 2 is 1.34 bits per heavy atom. The number of furan rings is 1. The van der Waals surface area contributed by atoms with E-state index in [9.17, 15) is 0 Å². The van der Waals surface area contributed by atoms with Crippen molar-refractivity contribution in [1.82, 2.24) is 15.0 Å². The zero-order valence-corrected chi connectivity index (χ0v) is 20.8. The number of nitrogens with zero attached hydrogens (tertiary/aromatic N) is 3. The number of fused-ring (bicyclic) bond motifs is 3. The van der Waals surface area contributed by atoms with Crippen LogP contribution >= 0.6 is 15.9 Å². The largest absolute Gasteiger partial charge is 0.456 e. The monoisotopic (exact) mass is 519 g/mol. The maximum absolute atomic E-state index is 6.22. The zero-order valence-electron chi connectivity index (χ0n) is 19.2. The third-order valence-electron chi connectivity index (χ3n) is 6.08. The molecule has 0 aliphatic carbocycles. The lowest BCUT2D eigenvalue weighted by Gasteiger charge is -2.08. The van der Waals surface area contributed by atoms with Crippen molar-refractivity contribution >= 4 is 37.9 Å². The SMILES string of the molecule is CCCc1ccc2oc3cc(-c4nc(-c5ccccc5)nc(-c5cccc(Br)c5)n4)ccc3c2c1. The van der Waals surface area contributed by atoms with E-state index in [1.807, 2.05) is 60.7 Å². The molecule has 0 spiro atoms. The normalized spacial score (nSPS) is 11.4. The van der Waals surface area contributed by atoms with Crippen molar-refractivity contribution in [2.24, 2.45) is 0 Å². The molecular formula is C30H22BrN3O. The van der Waals surface area contributed by atoms with Gasteiger partial charge in [-0.3, -0.25) is 0 Å². The number of hydrogen-bond acceptors (Lipinski definition) is 4. The van der Waals surface area contributed by atoms with E-state index >= 15 is 0 Å². The summed E-state index contributed by atoms with van der Waals surface area (Å²) in [5, 5.41) is 2.25. The summed E-state index contributed by atoms with van der Waals surface area (Å²) < 4.78 is 7.19. The van der Waals surface area contributed by atoms with Gasteiger partial charge in [0.15, 0.2) is 17.5 Å². The summed E-state index contributed by atoms with van der Waals surface area (Å²) in [5.41, 5.74) is 5.81. The molecule has 0 radical (unpaired) electrons. The van der Waals surface area contributed by atoms with Gasteiger partial charge in [0.2, 0.25) is 0 Å². The Balaban J connectivity index is 1.51. The highest BCUT2D eigenvalue weighted by Gasteiger charge is 2.15. The molecule has 0 fully saturated rings. The van der Waals surface area contributed by atoms with Crippen molar-refractivity contribution in [3.63, 3.8) is 0 Å². The molecule has 35 heavy (non-hydrogen) atoms. The van der Waals surface area contributed by atoms with Gasteiger partial charge in [0.25, 0.3) is 0 Å². The minimum atomic E-state index is 0.614. The number of aryl methyl sites for hydroxylation is 1. The van der Waals surface area contributed by atoms with Gasteiger partial charge in [0, 0.05) is 31.9 Å². The molecular weight excluding hydrogens is 498 g/mol. The molecule has 5 heteroatoms. The molecule has 0 saturated carbocycles. The number of rotatable bonds is 5. The lowest BCUT2D eigenvalue weighted by Crippen LogP contribution is -2.00. The number of aromatic nitrogens is 3. The fourth-order valence-electron chi connectivity index (χ4n) is 4.39. The predicted molar refractivity (Wildman–Crippen MR) is 145 cm³/mol. The quantitative estimate of drug-likeness (QED) is 0.229. The van der Waals surface area contributed by atoms with Crippen LogP contribution in [0.25, 0.3) is 56.1 Å². The smallest absolute Gasteiger partial charge is 0.164 e. The Labute approximate surface area is 211 Å². The molecule has 6 rings (SSSR count). The summed E-state index contributed by atoms with van der Waals surface area (Å²) in [4.78, 5) is 14.5. The van der Waals surface area contributed by atoms with Crippen molar-refractivity contribution in [2.45, 2.75) is 19.8 Å². The Hall–Kier alpha value is -3.83. The first-order valence-electron chi connectivity index (χ1n) is 11.7. The molecule has 6 aromatic rings. The van der Waals surface area contributed by atoms with Crippen LogP contribution in [0.1, 0.15) is 18.9 Å². The predicted octanol–water partition coefficient (Wildman–Crippen LogP) is 8.49. The van der Waals surface area contributed by atoms with Gasteiger partial charge in [-0.2, -0.15) is 0 Å². The molecule has 170 valence electrons. The molecule has 0 bridgehead atoms. The third-order valence-corrected chi connectivity index (χ3v) is 6.58. The Bertz CT molecular complexity index is 1670. The minimum absolute atomic E-state index is 0.614. The highest BCUT2D eigenvalue weighted by Crippen LogP contribution is 2.33. The van der Waals surface area contributed by atoms with Crippen molar-refractivity contribution in [2.75, 3.05) is 0 Å². The van der Waals surface area contributed by atoms with Crippen LogP contribution in [0.3, 0.4) is 0 Å². The van der Waals surface area contributed by atoms with Crippen molar-refractivity contribution in [1.29, 1.82) is 0 Å². The van der Waals surface area contributed by atoms with Gasteiger partial charge in [0.05, 0.1) is 0 Å². The molecule has 0 aliphatic rings. The van der Waals surface area contributed by atoms with E-state index in [4.69, 9.17) is 19.4 Å². The van der Waals surface area contributed by atoms with E-state index in [-0.39, 0.29) is 0 Å². The van der Waals surface area contributed by atoms with Gasteiger partial charge in [-0.1, -0.05) is 83.9 Å². The zero-order chi connectivity index (χ0) is 23.8. The van der Waals surface area contributed by atoms with Crippen LogP contribution in [0, 0.1) is 0 Å². The molecule has 0 unspecified atom stereocenters. The van der Waals surface area contributed by atoms with Gasteiger partial charge in [-0.15, -0.1) is 0 Å². The summed E-state index contributed by atoms with van der Waals surface area (Å²) in [6.07, 6.45) is 2.18. The van der Waals surface area contributed by atoms with Crippen LogP contribution in [0.15, 0.2) is 99.9 Å². The van der Waals surface area contributed by atoms with E-state index in [0.717, 1.165) is 55.9 Å². The molecule has 0 amide bonds. The van der Waals surface area contributed by atoms with E-state index in [0.29, 0.717) is 17.5 Å². The summed E-state index contributed by atoms with van der Waals surface area (Å²) in [5.74, 6) is 1.88. The Kier molecular flexibility index (Phi) is 5.63. The highest BCUT2D eigenvalue weighted by molar-refractivity contribution is 9.10. The van der Waals surface area contributed by atoms with Gasteiger partial charge in [-0.05, 0) is 48.4 Å². The first-order chi connectivity index (χ1) is 17.2. The second-order valence-corrected chi connectivity index (χ2v) is 9.49. The van der Waals surface area contributed by atoms with Gasteiger partial charge in [-0.25, -0.2) is 15.0 Å². The maximum atomic E-state index is 6.22. The van der Waals surface area contributed by atoms with Gasteiger partial charge < -0.3 is 4.42 Å². The first-order valence-corrected chi connectivity index (χ1v) is 12.5. The van der Waals surface area contributed by atoms with Crippen LogP contribution in [-0.4, -0.2) is 15.0 Å². The second-order valence-electron chi connectivity index (χ2n) is 8.58. The standard InChI is InChI=1S/C30H22BrN3O/c1-2-7-19-12-15-26-25(16-19)24-14-13-22(18-27(24)35-26)30-33-28(20-8-4-3-5-9-20)32-29(34-30)21-10-6-11-23(31)17-21/h3-6,8-18H,2,7H2,1H3. The first kappa shape index (κ1) is 21.7. The molecule has 2 aromatic heterocycles. The van der Waals surface area contributed by atoms with Gasteiger partial charge in [0.1, 0.15) is 11.2 Å². The number of halogens is 1. The van der Waals surface area contributed by atoms with E-state index < -0.39 is 0 Å². The van der Waals surface area contributed by atoms with E-state index in [2.05, 4.69) is 53.2 Å². The summed E-state index contributed by atoms with van der Waals surface area (Å²) in [6.45, 7) is 2.20. The molecule has 4 aromatic carbocycles. The molecule has 2 heterocycles. The Morgan fingerprint density at radius 3 is 2.09 bits per heavy atom. The van der Waals surface area contributed by atoms with Crippen LogP contribution in [-0.2, 0) is 6.42 Å². The van der Waals surface area contributed by atoms with Crippen LogP contribution in [0.5, 0.6) is 0 Å². The fraction of sp³-hybridized carbons (Fsp3) is 0.100. The average molecular weight is 520 g/mol. The van der Waals surface area contributed by atoms with Crippen LogP contribution in [0.4, 0.5) is 0 Å². The lowest BCUT2D eigenvalue weighted by atomic mass is 10.0. The van der Waals surface area contributed by atoms with Gasteiger partial charge >= 0.3 is 0 Å². The van der Waals surface area contributed by atoms with E-state index in [1.165, 1.54) is 5.56 Å². The molecule has 0 atom stereocenters. The number of hydrogen-bond donors (Lipinski definition) is 0. The van der Waals surface area contributed by atoms with Crippen LogP contribution < -0.4 is 0 Å². The number of benzene rings is 4. The minimum Gasteiger partial charge on any atom is -0.456 e. The molecule has 4 nitrogen and oxygen atoms in total. The topological polar surface area (TPSA) is 51.8 Å². The molecule has 0 saturated heterocycles. The lowest BCUT2D eigenvalue weighted by molar-refractivity contribution is 0.669. The third kappa shape index (κ3) is 4.24. The van der Waals surface area contributed by atoms with Crippen LogP contribution in [0.2, 0.25) is 0 Å². The van der Waals surface area contributed by atoms with Crippen molar-refractivity contribution in [3.8, 4) is 34.2 Å². The maximum Gasteiger partial charge on any atom is 0.164 e. The summed E-state index contributed by atoms with van der Waals surface area (Å²) in [6, 6.07) is 30.7. The average Bonchev–Trinajstić information content (AvgIpc) is 3.26. The van der Waals surface area contributed by atoms with E-state index in [1.54, 1.807) is 0 Å². The molecule has 0 aliphatic heterocycles. The Morgan fingerprint density at radius 1 is 0.629 bits per heavy atom. The summed E-state index contributed by atoms with van der Waals surface area (Å²) >= 11 is 3.56. The second kappa shape index (κ2) is 9.08. The highest BCUT2D eigenvalue weighted by atomic mass is 79.9. The summed E-state index contributed by atoms with van der Waals surface area (Å²) in [7, 11) is 0. The van der Waals surface area contributed by atoms with Crippen molar-refractivity contribution in [3.05, 3.63) is 101 Å². The van der Waals surface area contributed by atoms with Crippen molar-refractivity contribution < 1.29 is 4.42 Å².